The largest absolute Gasteiger partial charge is 0.359 e. The van der Waals surface area contributed by atoms with Crippen LogP contribution in [0, 0.1) is 6.92 Å². The van der Waals surface area contributed by atoms with E-state index in [1.54, 1.807) is 0 Å². The number of hydrogen-bond donors (Lipinski definition) is 3. The third kappa shape index (κ3) is 1.46. The van der Waals surface area contributed by atoms with Gasteiger partial charge >= 0.3 is 0 Å². The zero-order chi connectivity index (χ0) is 12.7. The average Bonchev–Trinajstić information content (AvgIpc) is 2.96. The Morgan fingerprint density at radius 2 is 1.78 bits per heavy atom. The molecule has 1 aliphatic heterocycles. The first-order valence-electron chi connectivity index (χ1n) is 5.75. The molecular weight excluding hydrogens is 228 g/mol. The highest BCUT2D eigenvalue weighted by Crippen LogP contribution is 2.30. The summed E-state index contributed by atoms with van der Waals surface area (Å²) in [5, 5.41) is 5.96. The van der Waals surface area contributed by atoms with Crippen molar-refractivity contribution in [1.29, 1.82) is 0 Å². The fourth-order valence-corrected chi connectivity index (χ4v) is 1.99. The van der Waals surface area contributed by atoms with Crippen LogP contribution in [0.25, 0.3) is 22.4 Å². The van der Waals surface area contributed by atoms with Crippen molar-refractivity contribution in [3.8, 4) is 11.4 Å². The molecule has 92 valence electrons. The molecule has 3 rings (SSSR count). The van der Waals surface area contributed by atoms with Crippen molar-refractivity contribution >= 4 is 22.9 Å². The number of aryl methyl sites for hydroxylation is 1. The van der Waals surface area contributed by atoms with Gasteiger partial charge in [-0.05, 0) is 18.6 Å². The van der Waals surface area contributed by atoms with Gasteiger partial charge in [0.05, 0.1) is 11.2 Å². The molecule has 6 heteroatoms. The first-order chi connectivity index (χ1) is 8.72. The summed E-state index contributed by atoms with van der Waals surface area (Å²) in [6, 6.07) is 4.03. The van der Waals surface area contributed by atoms with E-state index in [4.69, 9.17) is 0 Å². The fraction of sp³-hybridized carbons (Fsp3) is 0.250. The second-order valence-corrected chi connectivity index (χ2v) is 4.11. The second kappa shape index (κ2) is 3.83. The minimum absolute atomic E-state index is 0.620. The molecule has 0 amide bonds. The summed E-state index contributed by atoms with van der Waals surface area (Å²) in [5.41, 5.74) is 4.55. The number of aromatic nitrogens is 4. The van der Waals surface area contributed by atoms with Gasteiger partial charge in [0.25, 0.3) is 0 Å². The SMILES string of the molecule is CNc1nc2c(C)ccc3[nH]c(NC)nc3c-2n1. The number of aromatic amines is 1. The zero-order valence-electron chi connectivity index (χ0n) is 10.5. The summed E-state index contributed by atoms with van der Waals surface area (Å²) in [6.45, 7) is 2.02. The van der Waals surface area contributed by atoms with Crippen molar-refractivity contribution in [3.05, 3.63) is 17.7 Å². The summed E-state index contributed by atoms with van der Waals surface area (Å²) in [7, 11) is 3.64. The normalized spacial score (nSPS) is 11.1. The van der Waals surface area contributed by atoms with Crippen LogP contribution in [0.2, 0.25) is 0 Å². The topological polar surface area (TPSA) is 78.5 Å². The van der Waals surface area contributed by atoms with Gasteiger partial charge in [0, 0.05) is 14.1 Å². The highest BCUT2D eigenvalue weighted by molar-refractivity contribution is 5.91. The number of H-pyrrole nitrogens is 1. The van der Waals surface area contributed by atoms with Gasteiger partial charge in [-0.2, -0.15) is 0 Å². The van der Waals surface area contributed by atoms with Gasteiger partial charge in [0.2, 0.25) is 11.9 Å². The molecule has 2 heterocycles. The van der Waals surface area contributed by atoms with E-state index in [0.29, 0.717) is 5.95 Å². The number of fused-ring (bicyclic) bond motifs is 3. The molecule has 2 aliphatic rings. The van der Waals surface area contributed by atoms with Crippen molar-refractivity contribution in [2.75, 3.05) is 24.7 Å². The van der Waals surface area contributed by atoms with Crippen molar-refractivity contribution in [3.63, 3.8) is 0 Å². The summed E-state index contributed by atoms with van der Waals surface area (Å²) in [4.78, 5) is 16.6. The van der Waals surface area contributed by atoms with Gasteiger partial charge < -0.3 is 15.6 Å². The molecule has 0 spiro atoms. The third-order valence-electron chi connectivity index (χ3n) is 2.95. The van der Waals surface area contributed by atoms with E-state index in [-0.39, 0.29) is 0 Å². The Morgan fingerprint density at radius 3 is 2.50 bits per heavy atom. The molecule has 1 aromatic rings. The molecule has 0 radical (unpaired) electrons. The minimum atomic E-state index is 0.620. The van der Waals surface area contributed by atoms with Crippen LogP contribution < -0.4 is 10.6 Å². The molecule has 18 heavy (non-hydrogen) atoms. The van der Waals surface area contributed by atoms with Crippen LogP contribution in [-0.2, 0) is 0 Å². The maximum Gasteiger partial charge on any atom is 0.223 e. The Kier molecular flexibility index (Phi) is 2.29. The molecule has 0 saturated heterocycles. The van der Waals surface area contributed by atoms with E-state index in [2.05, 4.69) is 30.6 Å². The third-order valence-corrected chi connectivity index (χ3v) is 2.95. The predicted molar refractivity (Wildman–Crippen MR) is 72.1 cm³/mol. The molecule has 1 aromatic heterocycles. The van der Waals surface area contributed by atoms with Crippen LogP contribution in [0.5, 0.6) is 0 Å². The molecule has 0 bridgehead atoms. The summed E-state index contributed by atoms with van der Waals surface area (Å²) < 4.78 is 0. The standard InChI is InChI=1S/C12H14N6/c1-6-4-5-7-9(17-11(13-2)15-7)10-8(6)16-12(14-3)18-10/h4-5H,1-3H3,(H2,13,15,17)(H,14,16,18). The first-order valence-corrected chi connectivity index (χ1v) is 5.75. The number of nitrogens with zero attached hydrogens (tertiary/aromatic N) is 3. The van der Waals surface area contributed by atoms with Gasteiger partial charge in [-0.15, -0.1) is 0 Å². The van der Waals surface area contributed by atoms with Gasteiger partial charge in [-0.1, -0.05) is 6.07 Å². The number of nitrogens with one attached hydrogen (secondary N) is 3. The van der Waals surface area contributed by atoms with Crippen LogP contribution in [0.15, 0.2) is 12.1 Å². The molecule has 0 saturated carbocycles. The molecule has 0 aromatic carbocycles. The molecule has 3 N–H and O–H groups in total. The van der Waals surface area contributed by atoms with E-state index < -0.39 is 0 Å². The highest BCUT2D eigenvalue weighted by Gasteiger charge is 2.17. The smallest absolute Gasteiger partial charge is 0.223 e. The monoisotopic (exact) mass is 242 g/mol. The quantitative estimate of drug-likeness (QED) is 0.639. The Hall–Kier alpha value is -2.37. The second-order valence-electron chi connectivity index (χ2n) is 4.11. The van der Waals surface area contributed by atoms with E-state index in [9.17, 15) is 0 Å². The van der Waals surface area contributed by atoms with Crippen molar-refractivity contribution in [2.45, 2.75) is 6.92 Å². The molecular formula is C12H14N6. The first kappa shape index (κ1) is 10.8. The average molecular weight is 242 g/mol. The lowest BCUT2D eigenvalue weighted by Gasteiger charge is -1.92. The Bertz CT molecular complexity index is 687. The van der Waals surface area contributed by atoms with Crippen LogP contribution in [0.1, 0.15) is 5.56 Å². The molecule has 1 aliphatic carbocycles. The zero-order valence-corrected chi connectivity index (χ0v) is 10.5. The Morgan fingerprint density at radius 1 is 1.00 bits per heavy atom. The Labute approximate surface area is 104 Å². The van der Waals surface area contributed by atoms with Crippen LogP contribution in [-0.4, -0.2) is 34.0 Å². The summed E-state index contributed by atoms with van der Waals surface area (Å²) in [6.07, 6.45) is 0. The maximum absolute atomic E-state index is 4.49. The van der Waals surface area contributed by atoms with Gasteiger partial charge in [0.15, 0.2) is 0 Å². The van der Waals surface area contributed by atoms with Gasteiger partial charge in [-0.25, -0.2) is 15.0 Å². The lowest BCUT2D eigenvalue weighted by atomic mass is 10.2. The maximum atomic E-state index is 4.49. The number of anilines is 2. The summed E-state index contributed by atoms with van der Waals surface area (Å²) >= 11 is 0. The predicted octanol–water partition coefficient (Wildman–Crippen LogP) is 1.85. The van der Waals surface area contributed by atoms with E-state index in [1.807, 2.05) is 33.2 Å². The number of imidazole rings is 2. The number of hydrogen-bond acceptors (Lipinski definition) is 5. The fourth-order valence-electron chi connectivity index (χ4n) is 1.99. The Balaban J connectivity index is 2.40. The van der Waals surface area contributed by atoms with Crippen molar-refractivity contribution < 1.29 is 0 Å². The van der Waals surface area contributed by atoms with Gasteiger partial charge in [0.1, 0.15) is 11.2 Å². The molecule has 0 unspecified atom stereocenters. The molecule has 0 atom stereocenters. The van der Waals surface area contributed by atoms with E-state index in [1.165, 1.54) is 0 Å². The minimum Gasteiger partial charge on any atom is -0.359 e. The van der Waals surface area contributed by atoms with Gasteiger partial charge in [-0.3, -0.25) is 0 Å². The van der Waals surface area contributed by atoms with Crippen LogP contribution in [0.4, 0.5) is 11.9 Å². The molecule has 0 fully saturated rings. The number of rotatable bonds is 2. The van der Waals surface area contributed by atoms with E-state index in [0.717, 1.165) is 33.9 Å². The lowest BCUT2D eigenvalue weighted by Crippen LogP contribution is -1.89. The molecule has 6 nitrogen and oxygen atoms in total. The summed E-state index contributed by atoms with van der Waals surface area (Å²) in [5.74, 6) is 1.35. The van der Waals surface area contributed by atoms with E-state index >= 15 is 0 Å². The van der Waals surface area contributed by atoms with Crippen LogP contribution in [0.3, 0.4) is 0 Å². The van der Waals surface area contributed by atoms with Crippen molar-refractivity contribution in [2.24, 2.45) is 0 Å². The van der Waals surface area contributed by atoms with Crippen molar-refractivity contribution in [1.82, 2.24) is 19.9 Å². The van der Waals surface area contributed by atoms with Crippen LogP contribution >= 0.6 is 0 Å². The lowest BCUT2D eigenvalue weighted by molar-refractivity contribution is 1.27. The highest BCUT2D eigenvalue weighted by atomic mass is 15.1.